The molecule has 0 saturated carbocycles. The Balaban J connectivity index is 1.73. The normalized spacial score (nSPS) is 11.6. The highest BCUT2D eigenvalue weighted by Gasteiger charge is 2.12. The minimum atomic E-state index is 0.514. The lowest BCUT2D eigenvalue weighted by molar-refractivity contribution is 0.382. The Hall–Kier alpha value is -1.96. The van der Waals surface area contributed by atoms with Crippen molar-refractivity contribution in [2.45, 2.75) is 31.0 Å². The van der Waals surface area contributed by atoms with E-state index in [0.29, 0.717) is 17.6 Å². The minimum Gasteiger partial charge on any atom is -0.338 e. The van der Waals surface area contributed by atoms with Crippen molar-refractivity contribution in [3.8, 4) is 0 Å². The van der Waals surface area contributed by atoms with Crippen LogP contribution in [0.1, 0.15) is 25.6 Å². The summed E-state index contributed by atoms with van der Waals surface area (Å²) >= 11 is 1.55. The van der Waals surface area contributed by atoms with Gasteiger partial charge in [0.25, 0.3) is 0 Å². The third-order valence-electron chi connectivity index (χ3n) is 2.93. The van der Waals surface area contributed by atoms with E-state index in [0.717, 1.165) is 28.3 Å². The topological polar surface area (TPSA) is 82.5 Å². The molecule has 0 radical (unpaired) electrons. The van der Waals surface area contributed by atoms with Crippen LogP contribution in [0, 0.1) is 5.92 Å². The lowest BCUT2D eigenvalue weighted by atomic mass is 10.1. The summed E-state index contributed by atoms with van der Waals surface area (Å²) in [5.74, 6) is 2.48. The lowest BCUT2D eigenvalue weighted by Crippen LogP contribution is -1.96. The fourth-order valence-electron chi connectivity index (χ4n) is 1.98. The highest BCUT2D eigenvalue weighted by Crippen LogP contribution is 2.26. The molecule has 0 aliphatic carbocycles. The predicted molar refractivity (Wildman–Crippen MR) is 78.7 cm³/mol. The summed E-state index contributed by atoms with van der Waals surface area (Å²) in [4.78, 5) is 12.9. The Labute approximate surface area is 126 Å². The highest BCUT2D eigenvalue weighted by molar-refractivity contribution is 7.98. The van der Waals surface area contributed by atoms with E-state index in [-0.39, 0.29) is 0 Å². The van der Waals surface area contributed by atoms with Crippen LogP contribution in [0.5, 0.6) is 0 Å². The van der Waals surface area contributed by atoms with E-state index in [1.165, 1.54) is 0 Å². The molecule has 7 nitrogen and oxygen atoms in total. The zero-order valence-corrected chi connectivity index (χ0v) is 13.0. The number of hydrogen-bond acceptors (Lipinski definition) is 7. The summed E-state index contributed by atoms with van der Waals surface area (Å²) < 4.78 is 6.99. The number of hydrogen-bond donors (Lipinski definition) is 0. The van der Waals surface area contributed by atoms with Crippen LogP contribution < -0.4 is 0 Å². The number of aryl methyl sites for hydroxylation is 1. The molecule has 3 aromatic rings. The van der Waals surface area contributed by atoms with Crippen LogP contribution in [0.25, 0.3) is 11.0 Å². The molecule has 110 valence electrons. The van der Waals surface area contributed by atoms with Gasteiger partial charge in [0.2, 0.25) is 5.89 Å². The van der Waals surface area contributed by atoms with Crippen LogP contribution in [0.3, 0.4) is 0 Å². The predicted octanol–water partition coefficient (Wildman–Crippen LogP) is 2.24. The van der Waals surface area contributed by atoms with Gasteiger partial charge < -0.3 is 4.52 Å². The van der Waals surface area contributed by atoms with Crippen LogP contribution in [-0.4, -0.2) is 29.9 Å². The zero-order chi connectivity index (χ0) is 14.8. The van der Waals surface area contributed by atoms with Crippen LogP contribution in [0.15, 0.2) is 22.1 Å². The van der Waals surface area contributed by atoms with Gasteiger partial charge in [-0.2, -0.15) is 10.1 Å². The number of thioether (sulfide) groups is 1. The summed E-state index contributed by atoms with van der Waals surface area (Å²) in [5.41, 5.74) is 0.818. The summed E-state index contributed by atoms with van der Waals surface area (Å²) in [5, 5.41) is 9.99. The van der Waals surface area contributed by atoms with Crippen LogP contribution in [-0.2, 0) is 19.2 Å². The molecule has 3 rings (SSSR count). The van der Waals surface area contributed by atoms with Gasteiger partial charge in [-0.3, -0.25) is 4.68 Å². The molecule has 0 N–H and O–H groups in total. The largest absolute Gasteiger partial charge is 0.338 e. The second-order valence-corrected chi connectivity index (χ2v) is 6.14. The maximum absolute atomic E-state index is 5.26. The molecule has 0 bridgehead atoms. The van der Waals surface area contributed by atoms with Crippen molar-refractivity contribution in [2.24, 2.45) is 13.0 Å². The first kappa shape index (κ1) is 14.0. The Morgan fingerprint density at radius 3 is 3.00 bits per heavy atom. The summed E-state index contributed by atoms with van der Waals surface area (Å²) in [6, 6.07) is 0. The van der Waals surface area contributed by atoms with E-state index < -0.39 is 0 Å². The van der Waals surface area contributed by atoms with Crippen molar-refractivity contribution in [1.82, 2.24) is 29.9 Å². The molecule has 0 saturated heterocycles. The van der Waals surface area contributed by atoms with Crippen LogP contribution in [0.4, 0.5) is 0 Å². The molecule has 0 atom stereocenters. The first-order valence-corrected chi connectivity index (χ1v) is 7.69. The van der Waals surface area contributed by atoms with Gasteiger partial charge in [-0.1, -0.05) is 30.8 Å². The van der Waals surface area contributed by atoms with Gasteiger partial charge >= 0.3 is 0 Å². The molecule has 0 aliphatic heterocycles. The zero-order valence-electron chi connectivity index (χ0n) is 12.1. The Morgan fingerprint density at radius 1 is 1.33 bits per heavy atom. The molecular weight excluding hydrogens is 288 g/mol. The molecule has 8 heteroatoms. The molecule has 3 heterocycles. The van der Waals surface area contributed by atoms with Gasteiger partial charge in [-0.15, -0.1) is 0 Å². The quantitative estimate of drug-likeness (QED) is 0.528. The molecular formula is C13H16N6OS. The third kappa shape index (κ3) is 3.05. The molecule has 0 fully saturated rings. The second kappa shape index (κ2) is 5.80. The fraction of sp³-hybridized carbons (Fsp3) is 0.462. The van der Waals surface area contributed by atoms with Gasteiger partial charge in [0, 0.05) is 13.5 Å². The summed E-state index contributed by atoms with van der Waals surface area (Å²) in [6.45, 7) is 4.26. The number of rotatable bonds is 5. The second-order valence-electron chi connectivity index (χ2n) is 5.18. The van der Waals surface area contributed by atoms with Gasteiger partial charge in [0.15, 0.2) is 11.5 Å². The van der Waals surface area contributed by atoms with Crippen LogP contribution in [0.2, 0.25) is 0 Å². The Bertz CT molecular complexity index is 750. The molecule has 21 heavy (non-hydrogen) atoms. The van der Waals surface area contributed by atoms with Gasteiger partial charge in [0.05, 0.1) is 17.3 Å². The van der Waals surface area contributed by atoms with Crippen molar-refractivity contribution in [2.75, 3.05) is 0 Å². The molecule has 3 aromatic heterocycles. The SMILES string of the molecule is CC(C)Cc1noc(CSc2ncnc3c2cnn3C)n1. The molecule has 0 amide bonds. The van der Waals surface area contributed by atoms with E-state index in [1.807, 2.05) is 7.05 Å². The standard InChI is InChI=1S/C13H16N6OS/c1-8(2)4-10-17-11(20-18-10)6-21-13-9-5-16-19(3)12(9)14-7-15-13/h5,7-8H,4,6H2,1-3H3. The first-order valence-electron chi connectivity index (χ1n) is 6.70. The average Bonchev–Trinajstić information content (AvgIpc) is 3.04. The van der Waals surface area contributed by atoms with E-state index >= 15 is 0 Å². The molecule has 0 aromatic carbocycles. The molecule has 0 aliphatic rings. The van der Waals surface area contributed by atoms with E-state index in [4.69, 9.17) is 4.52 Å². The maximum atomic E-state index is 5.26. The van der Waals surface area contributed by atoms with Crippen LogP contribution >= 0.6 is 11.8 Å². The van der Waals surface area contributed by atoms with Crippen molar-refractivity contribution >= 4 is 22.8 Å². The van der Waals surface area contributed by atoms with E-state index in [1.54, 1.807) is 29.0 Å². The first-order chi connectivity index (χ1) is 10.1. The summed E-state index contributed by atoms with van der Waals surface area (Å²) in [6.07, 6.45) is 4.15. The fourth-order valence-corrected chi connectivity index (χ4v) is 2.78. The number of nitrogens with zero attached hydrogens (tertiary/aromatic N) is 6. The molecule has 0 spiro atoms. The van der Waals surface area contributed by atoms with Gasteiger partial charge in [-0.05, 0) is 5.92 Å². The van der Waals surface area contributed by atoms with Gasteiger partial charge in [0.1, 0.15) is 11.4 Å². The van der Waals surface area contributed by atoms with Crippen molar-refractivity contribution < 1.29 is 4.52 Å². The number of fused-ring (bicyclic) bond motifs is 1. The smallest absolute Gasteiger partial charge is 0.237 e. The minimum absolute atomic E-state index is 0.514. The van der Waals surface area contributed by atoms with Crippen molar-refractivity contribution in [1.29, 1.82) is 0 Å². The molecule has 0 unspecified atom stereocenters. The average molecular weight is 304 g/mol. The van der Waals surface area contributed by atoms with Crippen molar-refractivity contribution in [3.05, 3.63) is 24.2 Å². The van der Waals surface area contributed by atoms with Gasteiger partial charge in [-0.25, -0.2) is 9.97 Å². The lowest BCUT2D eigenvalue weighted by Gasteiger charge is -1.99. The van der Waals surface area contributed by atoms with E-state index in [2.05, 4.69) is 39.1 Å². The maximum Gasteiger partial charge on any atom is 0.237 e. The van der Waals surface area contributed by atoms with E-state index in [9.17, 15) is 0 Å². The third-order valence-corrected chi connectivity index (χ3v) is 3.92. The summed E-state index contributed by atoms with van der Waals surface area (Å²) in [7, 11) is 1.86. The number of aromatic nitrogens is 6. The highest BCUT2D eigenvalue weighted by atomic mass is 32.2. The monoisotopic (exact) mass is 304 g/mol. The Morgan fingerprint density at radius 2 is 2.19 bits per heavy atom. The Kier molecular flexibility index (Phi) is 3.87. The van der Waals surface area contributed by atoms with Crippen molar-refractivity contribution in [3.63, 3.8) is 0 Å².